The number of benzene rings is 2. The van der Waals surface area contributed by atoms with Crippen molar-refractivity contribution in [1.29, 1.82) is 0 Å². The lowest BCUT2D eigenvalue weighted by Crippen LogP contribution is -2.43. The van der Waals surface area contributed by atoms with Crippen LogP contribution in [0.2, 0.25) is 0 Å². The molecule has 2 atom stereocenters. The zero-order valence-electron chi connectivity index (χ0n) is 16.8. The fourth-order valence-electron chi connectivity index (χ4n) is 5.06. The van der Waals surface area contributed by atoms with Gasteiger partial charge in [0.2, 0.25) is 0 Å². The number of fused-ring (bicyclic) bond motifs is 5. The van der Waals surface area contributed by atoms with Crippen molar-refractivity contribution in [2.45, 2.75) is 38.9 Å². The summed E-state index contributed by atoms with van der Waals surface area (Å²) in [5.74, 6) is 2.59. The average molecular weight is 379 g/mol. The molecule has 148 valence electrons. The minimum absolute atomic E-state index is 0.651. The second kappa shape index (κ2) is 7.76. The predicted molar refractivity (Wildman–Crippen MR) is 111 cm³/mol. The Bertz CT molecular complexity index is 823. The maximum atomic E-state index is 5.82. The third-order valence-electron chi connectivity index (χ3n) is 6.53. The third-order valence-corrected chi connectivity index (χ3v) is 6.53. The van der Waals surface area contributed by atoms with Crippen LogP contribution in [0.1, 0.15) is 29.5 Å². The number of aryl methyl sites for hydroxylation is 1. The van der Waals surface area contributed by atoms with Gasteiger partial charge in [-0.1, -0.05) is 30.3 Å². The molecule has 4 nitrogen and oxygen atoms in total. The van der Waals surface area contributed by atoms with Gasteiger partial charge < -0.3 is 9.47 Å². The van der Waals surface area contributed by atoms with E-state index in [2.05, 4.69) is 59.2 Å². The zero-order chi connectivity index (χ0) is 18.9. The topological polar surface area (TPSA) is 24.9 Å². The Morgan fingerprint density at radius 3 is 2.50 bits per heavy atom. The minimum Gasteiger partial charge on any atom is -0.486 e. The first-order valence-electron chi connectivity index (χ1n) is 10.6. The molecule has 2 bridgehead atoms. The van der Waals surface area contributed by atoms with Crippen LogP contribution in [0, 0.1) is 12.8 Å². The van der Waals surface area contributed by atoms with Gasteiger partial charge in [-0.05, 0) is 54.5 Å². The highest BCUT2D eigenvalue weighted by Crippen LogP contribution is 2.35. The van der Waals surface area contributed by atoms with Gasteiger partial charge in [-0.3, -0.25) is 9.80 Å². The van der Waals surface area contributed by atoms with Gasteiger partial charge in [-0.2, -0.15) is 0 Å². The molecular weight excluding hydrogens is 348 g/mol. The van der Waals surface area contributed by atoms with Gasteiger partial charge in [0.1, 0.15) is 13.2 Å². The van der Waals surface area contributed by atoms with Crippen LogP contribution in [0.3, 0.4) is 0 Å². The Balaban J connectivity index is 1.30. The van der Waals surface area contributed by atoms with Crippen molar-refractivity contribution >= 4 is 0 Å². The van der Waals surface area contributed by atoms with Crippen molar-refractivity contribution in [2.75, 3.05) is 32.8 Å². The largest absolute Gasteiger partial charge is 0.486 e. The molecule has 2 aromatic carbocycles. The molecule has 3 fully saturated rings. The Morgan fingerprint density at radius 2 is 1.68 bits per heavy atom. The molecule has 0 saturated carbocycles. The van der Waals surface area contributed by atoms with Crippen molar-refractivity contribution in [2.24, 2.45) is 5.92 Å². The van der Waals surface area contributed by atoms with Crippen LogP contribution in [0.5, 0.6) is 11.5 Å². The highest BCUT2D eigenvalue weighted by molar-refractivity contribution is 5.47. The summed E-state index contributed by atoms with van der Waals surface area (Å²) in [6.45, 7) is 9.19. The number of nitrogens with zero attached hydrogens (tertiary/aromatic N) is 2. The van der Waals surface area contributed by atoms with Gasteiger partial charge >= 0.3 is 0 Å². The molecule has 0 N–H and O–H groups in total. The summed E-state index contributed by atoms with van der Waals surface area (Å²) in [6, 6.07) is 16.0. The quantitative estimate of drug-likeness (QED) is 0.807. The summed E-state index contributed by atoms with van der Waals surface area (Å²) in [6.07, 6.45) is 2.70. The molecule has 4 aliphatic rings. The van der Waals surface area contributed by atoms with E-state index in [-0.39, 0.29) is 0 Å². The molecule has 4 heteroatoms. The highest BCUT2D eigenvalue weighted by atomic mass is 16.6. The smallest absolute Gasteiger partial charge is 0.161 e. The molecule has 0 spiro atoms. The first-order valence-corrected chi connectivity index (χ1v) is 10.6. The first-order chi connectivity index (χ1) is 13.7. The molecular formula is C24H30N2O2. The van der Waals surface area contributed by atoms with E-state index in [0.29, 0.717) is 19.3 Å². The lowest BCUT2D eigenvalue weighted by atomic mass is 9.94. The molecule has 4 aliphatic heterocycles. The zero-order valence-corrected chi connectivity index (χ0v) is 16.8. The third kappa shape index (κ3) is 3.76. The summed E-state index contributed by atoms with van der Waals surface area (Å²) in [4.78, 5) is 5.39. The van der Waals surface area contributed by atoms with E-state index in [9.17, 15) is 0 Å². The number of piperidine rings is 1. The van der Waals surface area contributed by atoms with Crippen molar-refractivity contribution < 1.29 is 9.47 Å². The Hall–Kier alpha value is -2.04. The van der Waals surface area contributed by atoms with E-state index in [1.54, 1.807) is 0 Å². The summed E-state index contributed by atoms with van der Waals surface area (Å²) in [5, 5.41) is 0. The number of ether oxygens (including phenoxy) is 2. The Labute approximate surface area is 168 Å². The summed E-state index contributed by atoms with van der Waals surface area (Å²) < 4.78 is 11.6. The van der Waals surface area contributed by atoms with Gasteiger partial charge in [0.05, 0.1) is 0 Å². The van der Waals surface area contributed by atoms with Crippen molar-refractivity contribution in [3.63, 3.8) is 0 Å². The van der Waals surface area contributed by atoms with Crippen LogP contribution in [-0.4, -0.2) is 48.7 Å². The van der Waals surface area contributed by atoms with Crippen LogP contribution < -0.4 is 9.47 Å². The van der Waals surface area contributed by atoms with Gasteiger partial charge in [0.25, 0.3) is 0 Å². The maximum absolute atomic E-state index is 5.82. The Kier molecular flexibility index (Phi) is 5.00. The van der Waals surface area contributed by atoms with Crippen LogP contribution in [-0.2, 0) is 13.1 Å². The number of hydrogen-bond donors (Lipinski definition) is 0. The van der Waals surface area contributed by atoms with Crippen molar-refractivity contribution in [1.82, 2.24) is 9.80 Å². The highest BCUT2D eigenvalue weighted by Gasteiger charge is 2.34. The van der Waals surface area contributed by atoms with E-state index >= 15 is 0 Å². The molecule has 0 aromatic heterocycles. The summed E-state index contributed by atoms with van der Waals surface area (Å²) >= 11 is 0. The molecule has 6 rings (SSSR count). The van der Waals surface area contributed by atoms with Crippen LogP contribution in [0.4, 0.5) is 0 Å². The molecule has 4 heterocycles. The normalized spacial score (nSPS) is 24.9. The summed E-state index contributed by atoms with van der Waals surface area (Å²) in [5.41, 5.74) is 4.12. The van der Waals surface area contributed by atoms with Gasteiger partial charge in [-0.15, -0.1) is 0 Å². The lowest BCUT2D eigenvalue weighted by molar-refractivity contribution is 0.123. The SMILES string of the molecule is Cc1cc2c(cc1CN1C[C@H]3CC[C@@H](C1)N(Cc1ccccc1)C3)OCCO2. The fraction of sp³-hybridized carbons (Fsp3) is 0.500. The molecule has 0 amide bonds. The second-order valence-electron chi connectivity index (χ2n) is 8.63. The lowest BCUT2D eigenvalue weighted by Gasteiger charge is -2.36. The average Bonchev–Trinajstić information content (AvgIpc) is 3.00. The fourth-order valence-corrected chi connectivity index (χ4v) is 5.06. The van der Waals surface area contributed by atoms with Crippen LogP contribution in [0.25, 0.3) is 0 Å². The monoisotopic (exact) mass is 378 g/mol. The van der Waals surface area contributed by atoms with Gasteiger partial charge in [-0.25, -0.2) is 0 Å². The standard InChI is InChI=1S/C24H30N2O2/c1-18-11-23-24(28-10-9-27-23)12-21(18)16-25-13-20-7-8-22(17-25)26(15-20)14-19-5-3-2-4-6-19/h2-6,11-12,20,22H,7-10,13-17H2,1H3/t20-,22+/m1/s1. The Morgan fingerprint density at radius 1 is 0.893 bits per heavy atom. The van der Waals surface area contributed by atoms with Crippen molar-refractivity contribution in [3.8, 4) is 11.5 Å². The van der Waals surface area contributed by atoms with Crippen LogP contribution >= 0.6 is 0 Å². The molecule has 2 aromatic rings. The van der Waals surface area contributed by atoms with Gasteiger partial charge in [0.15, 0.2) is 11.5 Å². The molecule has 28 heavy (non-hydrogen) atoms. The van der Waals surface area contributed by atoms with E-state index in [0.717, 1.165) is 37.1 Å². The van der Waals surface area contributed by atoms with E-state index in [1.807, 2.05) is 0 Å². The van der Waals surface area contributed by atoms with E-state index < -0.39 is 0 Å². The molecule has 3 saturated heterocycles. The number of hydrogen-bond acceptors (Lipinski definition) is 4. The predicted octanol–water partition coefficient (Wildman–Crippen LogP) is 3.86. The van der Waals surface area contributed by atoms with Gasteiger partial charge in [0, 0.05) is 38.8 Å². The number of rotatable bonds is 4. The minimum atomic E-state index is 0.651. The molecule has 0 aliphatic carbocycles. The van der Waals surface area contributed by atoms with Crippen molar-refractivity contribution in [3.05, 3.63) is 59.2 Å². The van der Waals surface area contributed by atoms with Crippen LogP contribution in [0.15, 0.2) is 42.5 Å². The molecule has 0 unspecified atom stereocenters. The van der Waals surface area contributed by atoms with E-state index in [1.165, 1.54) is 42.6 Å². The maximum Gasteiger partial charge on any atom is 0.161 e. The van der Waals surface area contributed by atoms with E-state index in [4.69, 9.17) is 9.47 Å². The summed E-state index contributed by atoms with van der Waals surface area (Å²) in [7, 11) is 0. The molecule has 0 radical (unpaired) electrons. The first kappa shape index (κ1) is 18.0. The second-order valence-corrected chi connectivity index (χ2v) is 8.63.